The summed E-state index contributed by atoms with van der Waals surface area (Å²) < 4.78 is 0. The Morgan fingerprint density at radius 1 is 1.11 bits per heavy atom. The standard InChI is InChI=1S/C22H25N3O3/c1-3-17(16-10-8-15(2)9-11-16)23-20(26)12-13-22(28)25-14-21(27)24-18-6-4-5-7-19(18)25/h4-11,17H,3,12-14H2,1-2H3,(H,23,26)(H,24,27). The van der Waals surface area contributed by atoms with Crippen molar-refractivity contribution >= 4 is 29.1 Å². The van der Waals surface area contributed by atoms with Gasteiger partial charge in [-0.2, -0.15) is 0 Å². The number of carbonyl (C=O) groups is 3. The fraction of sp³-hybridized carbons (Fsp3) is 0.318. The summed E-state index contributed by atoms with van der Waals surface area (Å²) in [4.78, 5) is 38.3. The molecule has 0 fully saturated rings. The second kappa shape index (κ2) is 8.69. The lowest BCUT2D eigenvalue weighted by Crippen LogP contribution is -2.42. The molecule has 1 heterocycles. The van der Waals surface area contributed by atoms with E-state index in [1.165, 1.54) is 10.5 Å². The minimum absolute atomic E-state index is 0.0293. The zero-order chi connectivity index (χ0) is 20.1. The molecule has 146 valence electrons. The second-order valence-corrected chi connectivity index (χ2v) is 6.98. The monoisotopic (exact) mass is 379 g/mol. The number of nitrogens with zero attached hydrogens (tertiary/aromatic N) is 1. The highest BCUT2D eigenvalue weighted by Gasteiger charge is 2.26. The van der Waals surface area contributed by atoms with E-state index >= 15 is 0 Å². The Bertz CT molecular complexity index is 877. The van der Waals surface area contributed by atoms with Crippen LogP contribution < -0.4 is 15.5 Å². The van der Waals surface area contributed by atoms with Crippen LogP contribution in [0.25, 0.3) is 0 Å². The third-order valence-electron chi connectivity index (χ3n) is 4.86. The van der Waals surface area contributed by atoms with Gasteiger partial charge in [0, 0.05) is 12.8 Å². The van der Waals surface area contributed by atoms with E-state index in [-0.39, 0.29) is 43.1 Å². The third-order valence-corrected chi connectivity index (χ3v) is 4.86. The van der Waals surface area contributed by atoms with Gasteiger partial charge in [-0.3, -0.25) is 14.4 Å². The van der Waals surface area contributed by atoms with Crippen LogP contribution in [0.4, 0.5) is 11.4 Å². The number of benzene rings is 2. The van der Waals surface area contributed by atoms with E-state index in [0.717, 1.165) is 12.0 Å². The highest BCUT2D eigenvalue weighted by Crippen LogP contribution is 2.29. The summed E-state index contributed by atoms with van der Waals surface area (Å²) >= 11 is 0. The smallest absolute Gasteiger partial charge is 0.244 e. The van der Waals surface area contributed by atoms with Crippen molar-refractivity contribution in [2.24, 2.45) is 0 Å². The first-order chi connectivity index (χ1) is 13.5. The molecule has 1 aliphatic heterocycles. The second-order valence-electron chi connectivity index (χ2n) is 6.98. The topological polar surface area (TPSA) is 78.5 Å². The summed E-state index contributed by atoms with van der Waals surface area (Å²) in [5.74, 6) is -0.640. The van der Waals surface area contributed by atoms with Crippen LogP contribution in [0.2, 0.25) is 0 Å². The predicted molar refractivity (Wildman–Crippen MR) is 109 cm³/mol. The molecule has 0 spiro atoms. The van der Waals surface area contributed by atoms with Crippen LogP contribution >= 0.6 is 0 Å². The van der Waals surface area contributed by atoms with Crippen molar-refractivity contribution < 1.29 is 14.4 Å². The molecule has 2 N–H and O–H groups in total. The zero-order valence-corrected chi connectivity index (χ0v) is 16.2. The minimum atomic E-state index is -0.235. The van der Waals surface area contributed by atoms with Crippen LogP contribution in [-0.4, -0.2) is 24.3 Å². The van der Waals surface area contributed by atoms with Gasteiger partial charge in [-0.15, -0.1) is 0 Å². The molecule has 1 unspecified atom stereocenters. The van der Waals surface area contributed by atoms with Gasteiger partial charge in [-0.1, -0.05) is 48.9 Å². The summed E-state index contributed by atoms with van der Waals surface area (Å²) in [5, 5.41) is 5.75. The molecule has 0 bridgehead atoms. The number of nitrogens with one attached hydrogen (secondary N) is 2. The van der Waals surface area contributed by atoms with Crippen molar-refractivity contribution in [1.29, 1.82) is 0 Å². The number of amides is 3. The maximum atomic E-state index is 12.6. The number of fused-ring (bicyclic) bond motifs is 1. The van der Waals surface area contributed by atoms with E-state index in [9.17, 15) is 14.4 Å². The van der Waals surface area contributed by atoms with Gasteiger partial charge >= 0.3 is 0 Å². The third kappa shape index (κ3) is 4.57. The lowest BCUT2D eigenvalue weighted by Gasteiger charge is -2.29. The number of aryl methyl sites for hydroxylation is 1. The van der Waals surface area contributed by atoms with Gasteiger partial charge in [0.1, 0.15) is 6.54 Å². The van der Waals surface area contributed by atoms with Crippen LogP contribution in [0.1, 0.15) is 43.4 Å². The molecule has 2 aromatic rings. The molecule has 1 atom stereocenters. The molecule has 0 radical (unpaired) electrons. The number of rotatable bonds is 6. The molecule has 6 nitrogen and oxygen atoms in total. The Labute approximate surface area is 164 Å². The number of hydrogen-bond acceptors (Lipinski definition) is 3. The summed E-state index contributed by atoms with van der Waals surface area (Å²) in [6.45, 7) is 4.01. The molecule has 0 aliphatic carbocycles. The van der Waals surface area contributed by atoms with Gasteiger partial charge in [0.15, 0.2) is 0 Å². The van der Waals surface area contributed by atoms with Crippen molar-refractivity contribution in [3.05, 3.63) is 59.7 Å². The first kappa shape index (κ1) is 19.6. The lowest BCUT2D eigenvalue weighted by atomic mass is 10.0. The Balaban J connectivity index is 1.59. The molecule has 0 saturated heterocycles. The van der Waals surface area contributed by atoms with Crippen LogP contribution in [-0.2, 0) is 14.4 Å². The largest absolute Gasteiger partial charge is 0.349 e. The van der Waals surface area contributed by atoms with Crippen molar-refractivity contribution in [3.63, 3.8) is 0 Å². The molecule has 0 saturated carbocycles. The first-order valence-corrected chi connectivity index (χ1v) is 9.53. The molecule has 3 amide bonds. The first-order valence-electron chi connectivity index (χ1n) is 9.53. The van der Waals surface area contributed by atoms with Gasteiger partial charge in [0.25, 0.3) is 0 Å². The van der Waals surface area contributed by atoms with Crippen LogP contribution in [0.5, 0.6) is 0 Å². The van der Waals surface area contributed by atoms with E-state index in [0.29, 0.717) is 11.4 Å². The normalized spacial score (nSPS) is 14.1. The molecule has 1 aliphatic rings. The average Bonchev–Trinajstić information content (AvgIpc) is 2.70. The SMILES string of the molecule is CCC(NC(=O)CCC(=O)N1CC(=O)Nc2ccccc21)c1ccc(C)cc1. The lowest BCUT2D eigenvalue weighted by molar-refractivity contribution is -0.126. The van der Waals surface area contributed by atoms with E-state index in [1.54, 1.807) is 18.2 Å². The van der Waals surface area contributed by atoms with E-state index in [4.69, 9.17) is 0 Å². The quantitative estimate of drug-likeness (QED) is 0.808. The highest BCUT2D eigenvalue weighted by molar-refractivity contribution is 6.10. The zero-order valence-electron chi connectivity index (χ0n) is 16.2. The molecule has 0 aromatic heterocycles. The summed E-state index contributed by atoms with van der Waals surface area (Å²) in [5.41, 5.74) is 3.50. The molecule has 3 rings (SSSR count). The Hall–Kier alpha value is -3.15. The van der Waals surface area contributed by atoms with Crippen LogP contribution in [0.3, 0.4) is 0 Å². The number of para-hydroxylation sites is 2. The Kier molecular flexibility index (Phi) is 6.09. The minimum Gasteiger partial charge on any atom is -0.349 e. The maximum absolute atomic E-state index is 12.6. The fourth-order valence-electron chi connectivity index (χ4n) is 3.30. The van der Waals surface area contributed by atoms with Crippen LogP contribution in [0, 0.1) is 6.92 Å². The van der Waals surface area contributed by atoms with Crippen molar-refractivity contribution in [2.75, 3.05) is 16.8 Å². The van der Waals surface area contributed by atoms with Crippen molar-refractivity contribution in [3.8, 4) is 0 Å². The van der Waals surface area contributed by atoms with Gasteiger partial charge in [0.05, 0.1) is 17.4 Å². The number of carbonyl (C=O) groups excluding carboxylic acids is 3. The van der Waals surface area contributed by atoms with Crippen LogP contribution in [0.15, 0.2) is 48.5 Å². The molecule has 6 heteroatoms. The highest BCUT2D eigenvalue weighted by atomic mass is 16.2. The van der Waals surface area contributed by atoms with E-state index in [2.05, 4.69) is 10.6 Å². The van der Waals surface area contributed by atoms with E-state index in [1.807, 2.05) is 44.2 Å². The molecule has 2 aromatic carbocycles. The van der Waals surface area contributed by atoms with E-state index < -0.39 is 0 Å². The maximum Gasteiger partial charge on any atom is 0.244 e. The molecule has 28 heavy (non-hydrogen) atoms. The Morgan fingerprint density at radius 2 is 1.82 bits per heavy atom. The van der Waals surface area contributed by atoms with Crippen molar-refractivity contribution in [1.82, 2.24) is 5.32 Å². The summed E-state index contributed by atoms with van der Waals surface area (Å²) in [6, 6.07) is 15.1. The molecular weight excluding hydrogens is 354 g/mol. The average molecular weight is 379 g/mol. The van der Waals surface area contributed by atoms with Gasteiger partial charge < -0.3 is 15.5 Å². The molecular formula is C22H25N3O3. The van der Waals surface area contributed by atoms with Crippen molar-refractivity contribution in [2.45, 2.75) is 39.2 Å². The predicted octanol–water partition coefficient (Wildman–Crippen LogP) is 3.33. The van der Waals surface area contributed by atoms with Gasteiger partial charge in [-0.05, 0) is 31.0 Å². The Morgan fingerprint density at radius 3 is 2.54 bits per heavy atom. The summed E-state index contributed by atoms with van der Waals surface area (Å²) in [6.07, 6.45) is 0.904. The summed E-state index contributed by atoms with van der Waals surface area (Å²) in [7, 11) is 0. The van der Waals surface area contributed by atoms with Gasteiger partial charge in [-0.25, -0.2) is 0 Å². The number of anilines is 2. The number of hydrogen-bond donors (Lipinski definition) is 2. The van der Waals surface area contributed by atoms with Gasteiger partial charge in [0.2, 0.25) is 17.7 Å². The fourth-order valence-corrected chi connectivity index (χ4v) is 3.30.